The second-order valence-electron chi connectivity index (χ2n) is 9.51. The van der Waals surface area contributed by atoms with Crippen LogP contribution in [0.5, 0.6) is 0 Å². The average molecular weight is 473 g/mol. The molecule has 5 rings (SSSR count). The molecule has 3 aliphatic rings. The number of alkyl halides is 4. The van der Waals surface area contributed by atoms with Crippen molar-refractivity contribution in [3.8, 4) is 0 Å². The van der Waals surface area contributed by atoms with E-state index in [9.17, 15) is 32.3 Å². The fourth-order valence-electron chi connectivity index (χ4n) is 5.75. The van der Waals surface area contributed by atoms with Crippen LogP contribution in [-0.2, 0) is 0 Å². The topological polar surface area (TPSA) is 78.3 Å². The maximum atomic E-state index is 15.6. The molecule has 3 fully saturated rings. The Morgan fingerprint density at radius 1 is 1.15 bits per heavy atom. The van der Waals surface area contributed by atoms with Gasteiger partial charge in [0.05, 0.1) is 22.2 Å². The van der Waals surface area contributed by atoms with Gasteiger partial charge in [-0.2, -0.15) is 0 Å². The van der Waals surface area contributed by atoms with Gasteiger partial charge in [-0.05, 0) is 38.5 Å². The number of anilines is 1. The maximum Gasteiger partial charge on any atom is 0.329 e. The van der Waals surface area contributed by atoms with Gasteiger partial charge in [-0.3, -0.25) is 14.3 Å². The summed E-state index contributed by atoms with van der Waals surface area (Å²) < 4.78 is 73.5. The van der Waals surface area contributed by atoms with Crippen LogP contribution >= 0.6 is 0 Å². The number of aliphatic hydroxyl groups is 1. The van der Waals surface area contributed by atoms with Crippen LogP contribution in [0.15, 0.2) is 9.59 Å². The summed E-state index contributed by atoms with van der Waals surface area (Å²) in [6, 6.07) is -0.287. The van der Waals surface area contributed by atoms with Gasteiger partial charge in [-0.25, -0.2) is 26.7 Å². The normalized spacial score (nSPS) is 27.3. The average Bonchev–Trinajstić information content (AvgIpc) is 3.49. The Morgan fingerprint density at radius 2 is 1.85 bits per heavy atom. The molecule has 2 heterocycles. The molecule has 0 amide bonds. The number of hydrogen-bond acceptors (Lipinski definition) is 4. The third kappa shape index (κ3) is 3.38. The minimum absolute atomic E-state index is 0.0454. The Balaban J connectivity index is 1.72. The lowest BCUT2D eigenvalue weighted by atomic mass is 9.89. The molecule has 2 saturated carbocycles. The number of aryl methyl sites for hydroxylation is 1. The molecule has 11 heteroatoms. The molecule has 2 aliphatic carbocycles. The largest absolute Gasteiger partial charge is 0.386 e. The first-order valence-corrected chi connectivity index (χ1v) is 11.1. The first kappa shape index (κ1) is 22.4. The van der Waals surface area contributed by atoms with Gasteiger partial charge in [-0.15, -0.1) is 0 Å². The van der Waals surface area contributed by atoms with E-state index in [2.05, 4.69) is 0 Å². The number of nitrogens with zero attached hydrogens (tertiary/aromatic N) is 2. The summed E-state index contributed by atoms with van der Waals surface area (Å²) in [6.07, 6.45) is -3.86. The van der Waals surface area contributed by atoms with Gasteiger partial charge in [0.15, 0.2) is 5.82 Å². The number of aliphatic hydroxyl groups excluding tert-OH is 1. The van der Waals surface area contributed by atoms with E-state index >= 15 is 4.39 Å². The number of aromatic amines is 1. The first-order chi connectivity index (χ1) is 15.5. The molecular weight excluding hydrogens is 449 g/mol. The number of rotatable bonds is 3. The Morgan fingerprint density at radius 3 is 2.48 bits per heavy atom. The smallest absolute Gasteiger partial charge is 0.329 e. The lowest BCUT2D eigenvalue weighted by molar-refractivity contribution is -0.130. The molecule has 3 atom stereocenters. The van der Waals surface area contributed by atoms with Gasteiger partial charge in [-0.1, -0.05) is 0 Å². The Hall–Kier alpha value is -2.43. The quantitative estimate of drug-likeness (QED) is 0.668. The van der Waals surface area contributed by atoms with Gasteiger partial charge < -0.3 is 10.0 Å². The molecule has 6 nitrogen and oxygen atoms in total. The summed E-state index contributed by atoms with van der Waals surface area (Å²) in [7, 11) is 0. The van der Waals surface area contributed by atoms with Crippen LogP contribution in [0, 0.1) is 24.6 Å². The van der Waals surface area contributed by atoms with Crippen molar-refractivity contribution in [2.75, 3.05) is 18.0 Å². The van der Waals surface area contributed by atoms with Crippen LogP contribution in [0.1, 0.15) is 55.7 Å². The van der Waals surface area contributed by atoms with Gasteiger partial charge in [0.1, 0.15) is 6.10 Å². The highest BCUT2D eigenvalue weighted by Crippen LogP contribution is 2.47. The molecular formula is C22H24F5N3O3. The van der Waals surface area contributed by atoms with Crippen LogP contribution in [-0.4, -0.2) is 39.8 Å². The summed E-state index contributed by atoms with van der Waals surface area (Å²) in [5.74, 6) is -5.78. The van der Waals surface area contributed by atoms with Crippen LogP contribution in [0.25, 0.3) is 10.9 Å². The summed E-state index contributed by atoms with van der Waals surface area (Å²) in [5, 5.41) is 9.76. The molecule has 0 spiro atoms. The number of halogens is 5. The Bertz CT molecular complexity index is 1240. The molecule has 180 valence electrons. The number of nitrogens with one attached hydrogen (secondary N) is 1. The highest BCUT2D eigenvalue weighted by atomic mass is 19.3. The van der Waals surface area contributed by atoms with Crippen molar-refractivity contribution >= 4 is 16.6 Å². The molecule has 2 N–H and O–H groups in total. The summed E-state index contributed by atoms with van der Waals surface area (Å²) in [6.45, 7) is 1.43. The van der Waals surface area contributed by atoms with Crippen molar-refractivity contribution in [1.29, 1.82) is 0 Å². The summed E-state index contributed by atoms with van der Waals surface area (Å²) >= 11 is 0. The highest BCUT2D eigenvalue weighted by molar-refractivity contribution is 5.90. The number of aromatic nitrogens is 2. The molecule has 1 aliphatic heterocycles. The second kappa shape index (κ2) is 7.54. The van der Waals surface area contributed by atoms with Crippen LogP contribution < -0.4 is 16.1 Å². The van der Waals surface area contributed by atoms with Gasteiger partial charge in [0.2, 0.25) is 0 Å². The first-order valence-electron chi connectivity index (χ1n) is 11.1. The number of fused-ring (bicyclic) bond motifs is 2. The molecule has 0 bridgehead atoms. The number of benzene rings is 1. The fourth-order valence-corrected chi connectivity index (χ4v) is 5.75. The molecule has 3 unspecified atom stereocenters. The second-order valence-corrected chi connectivity index (χ2v) is 9.51. The van der Waals surface area contributed by atoms with Gasteiger partial charge >= 0.3 is 5.69 Å². The van der Waals surface area contributed by atoms with Crippen molar-refractivity contribution in [1.82, 2.24) is 9.55 Å². The zero-order valence-electron chi connectivity index (χ0n) is 17.9. The molecule has 33 heavy (non-hydrogen) atoms. The predicted molar refractivity (Wildman–Crippen MR) is 111 cm³/mol. The van der Waals surface area contributed by atoms with Crippen molar-refractivity contribution in [3.63, 3.8) is 0 Å². The predicted octanol–water partition coefficient (Wildman–Crippen LogP) is 3.64. The van der Waals surface area contributed by atoms with E-state index in [4.69, 9.17) is 0 Å². The molecule has 1 aromatic heterocycles. The van der Waals surface area contributed by atoms with E-state index in [1.165, 1.54) is 16.4 Å². The monoisotopic (exact) mass is 473 g/mol. The minimum atomic E-state index is -3.33. The Kier molecular flexibility index (Phi) is 5.11. The molecule has 0 radical (unpaired) electrons. The number of hydrogen-bond donors (Lipinski definition) is 2. The van der Waals surface area contributed by atoms with Crippen LogP contribution in [0.3, 0.4) is 0 Å². The zero-order valence-corrected chi connectivity index (χ0v) is 17.9. The molecule has 1 saturated heterocycles. The van der Waals surface area contributed by atoms with E-state index in [0.29, 0.717) is 19.3 Å². The van der Waals surface area contributed by atoms with Crippen molar-refractivity contribution in [2.45, 2.75) is 63.5 Å². The van der Waals surface area contributed by atoms with Crippen LogP contribution in [0.4, 0.5) is 27.6 Å². The minimum Gasteiger partial charge on any atom is -0.386 e. The Labute approximate surface area is 185 Å². The lowest BCUT2D eigenvalue weighted by Gasteiger charge is -2.28. The third-order valence-corrected chi connectivity index (χ3v) is 7.43. The van der Waals surface area contributed by atoms with E-state index in [0.717, 1.165) is 0 Å². The summed E-state index contributed by atoms with van der Waals surface area (Å²) in [4.78, 5) is 28.5. The molecule has 2 aromatic rings. The van der Waals surface area contributed by atoms with Crippen molar-refractivity contribution < 1.29 is 27.1 Å². The van der Waals surface area contributed by atoms with Gasteiger partial charge in [0.25, 0.3) is 17.9 Å². The van der Waals surface area contributed by atoms with Crippen molar-refractivity contribution in [3.05, 3.63) is 37.8 Å². The number of H-pyrrole nitrogens is 1. The SMILES string of the molecule is Cc1c(N2CC3CCCC(F)(F)C(O)C3C2)c(F)c(C(F)F)c2c(=O)[nH]c(=O)n(C3CC3)c12. The summed E-state index contributed by atoms with van der Waals surface area (Å²) in [5.41, 5.74) is -3.06. The zero-order chi connectivity index (χ0) is 23.8. The van der Waals surface area contributed by atoms with E-state index in [-0.39, 0.29) is 48.2 Å². The van der Waals surface area contributed by atoms with E-state index in [1.54, 1.807) is 0 Å². The highest BCUT2D eigenvalue weighted by Gasteiger charge is 2.51. The molecule has 1 aromatic carbocycles. The standard InChI is InChI=1S/C22H24F5N3O3/c1-9-16-14(20(32)28-21(33)30(16)11-4-5-11)13(19(24)25)15(23)17(9)29-7-10-3-2-6-22(26,27)18(31)12(10)8-29/h10-12,18-19,31H,2-8H2,1H3,(H,28,32,33). The van der Waals surface area contributed by atoms with E-state index < -0.39 is 58.8 Å². The fraction of sp³-hybridized carbons (Fsp3) is 0.636. The third-order valence-electron chi connectivity index (χ3n) is 7.43. The maximum absolute atomic E-state index is 15.6. The van der Waals surface area contributed by atoms with Gasteiger partial charge in [0, 0.05) is 37.0 Å². The lowest BCUT2D eigenvalue weighted by Crippen LogP contribution is -2.41. The van der Waals surface area contributed by atoms with Crippen LogP contribution in [0.2, 0.25) is 0 Å². The van der Waals surface area contributed by atoms with Crippen molar-refractivity contribution in [2.24, 2.45) is 11.8 Å². The van der Waals surface area contributed by atoms with E-state index in [1.807, 2.05) is 4.98 Å².